The Balaban J connectivity index is 1.87. The molecule has 8 nitrogen and oxygen atoms in total. The molecule has 25 heavy (non-hydrogen) atoms. The van der Waals surface area contributed by atoms with Crippen LogP contribution in [0.4, 0.5) is 0 Å². The minimum Gasteiger partial charge on any atom is -0.480 e. The van der Waals surface area contributed by atoms with Gasteiger partial charge < -0.3 is 15.0 Å². The molecule has 1 saturated carbocycles. The second-order valence-electron chi connectivity index (χ2n) is 6.39. The molecule has 0 radical (unpaired) electrons. The van der Waals surface area contributed by atoms with Crippen molar-refractivity contribution in [3.05, 3.63) is 30.1 Å². The van der Waals surface area contributed by atoms with Gasteiger partial charge in [0.25, 0.3) is 0 Å². The fourth-order valence-electron chi connectivity index (χ4n) is 2.82. The highest BCUT2D eigenvalue weighted by atomic mass is 32.2. The lowest BCUT2D eigenvalue weighted by molar-refractivity contribution is -0.142. The highest BCUT2D eigenvalue weighted by molar-refractivity contribution is 7.89. The van der Waals surface area contributed by atoms with Crippen molar-refractivity contribution in [1.29, 1.82) is 0 Å². The summed E-state index contributed by atoms with van der Waals surface area (Å²) in [7, 11) is -3.33. The number of aliphatic carboxylic acids is 1. The first kappa shape index (κ1) is 17.4. The van der Waals surface area contributed by atoms with E-state index in [0.717, 1.165) is 19.1 Å². The molecule has 0 aliphatic heterocycles. The number of nitrogens with one attached hydrogen (secondary N) is 1. The number of amides is 1. The largest absolute Gasteiger partial charge is 0.480 e. The van der Waals surface area contributed by atoms with Gasteiger partial charge in [-0.3, -0.25) is 4.79 Å². The predicted molar refractivity (Wildman–Crippen MR) is 90.6 cm³/mol. The van der Waals surface area contributed by atoms with E-state index in [2.05, 4.69) is 10.3 Å². The van der Waals surface area contributed by atoms with Crippen molar-refractivity contribution in [1.82, 2.24) is 14.9 Å². The quantitative estimate of drug-likeness (QED) is 0.740. The number of carbonyl (C=O) groups excluding carboxylic acids is 1. The lowest BCUT2D eigenvalue weighted by Gasteiger charge is -2.15. The highest BCUT2D eigenvalue weighted by Gasteiger charge is 2.37. The van der Waals surface area contributed by atoms with Crippen LogP contribution >= 0.6 is 0 Å². The number of carbonyl (C=O) groups is 2. The van der Waals surface area contributed by atoms with Crippen molar-refractivity contribution in [3.8, 4) is 0 Å². The minimum atomic E-state index is -3.33. The molecule has 2 aromatic rings. The molecule has 1 unspecified atom stereocenters. The van der Waals surface area contributed by atoms with E-state index in [1.165, 1.54) is 4.57 Å². The Labute approximate surface area is 144 Å². The zero-order chi connectivity index (χ0) is 18.2. The van der Waals surface area contributed by atoms with E-state index in [4.69, 9.17) is 0 Å². The summed E-state index contributed by atoms with van der Waals surface area (Å²) in [5, 5.41) is 11.8. The van der Waals surface area contributed by atoms with E-state index < -0.39 is 27.8 Å². The predicted octanol–water partition coefficient (Wildman–Crippen LogP) is 0.560. The molecule has 1 atom stereocenters. The van der Waals surface area contributed by atoms with Gasteiger partial charge in [-0.1, -0.05) is 12.1 Å². The van der Waals surface area contributed by atoms with Gasteiger partial charge in [-0.2, -0.15) is 0 Å². The Morgan fingerprint density at radius 2 is 2.04 bits per heavy atom. The number of benzene rings is 1. The van der Waals surface area contributed by atoms with Crippen LogP contribution in [0.2, 0.25) is 0 Å². The van der Waals surface area contributed by atoms with Gasteiger partial charge in [0, 0.05) is 6.26 Å². The molecule has 1 aromatic carbocycles. The number of hydrogen-bond acceptors (Lipinski definition) is 5. The van der Waals surface area contributed by atoms with Crippen LogP contribution in [0.25, 0.3) is 11.0 Å². The number of sulfone groups is 1. The summed E-state index contributed by atoms with van der Waals surface area (Å²) < 4.78 is 24.8. The summed E-state index contributed by atoms with van der Waals surface area (Å²) in [5.41, 5.74) is 1.22. The van der Waals surface area contributed by atoms with Crippen molar-refractivity contribution in [2.75, 3.05) is 6.26 Å². The Morgan fingerprint density at radius 3 is 2.64 bits per heavy atom. The molecule has 0 spiro atoms. The first-order chi connectivity index (χ1) is 11.7. The number of imidazole rings is 1. The molecule has 134 valence electrons. The first-order valence-corrected chi connectivity index (χ1v) is 9.94. The smallest absolute Gasteiger partial charge is 0.326 e. The van der Waals surface area contributed by atoms with Crippen LogP contribution in [0.1, 0.15) is 18.7 Å². The number of carboxylic acid groups (broad SMARTS) is 1. The zero-order valence-corrected chi connectivity index (χ0v) is 14.5. The van der Waals surface area contributed by atoms with E-state index in [1.54, 1.807) is 24.3 Å². The summed E-state index contributed by atoms with van der Waals surface area (Å²) in [6, 6.07) is 6.13. The number of fused-ring (bicyclic) bond motifs is 1. The standard InChI is InChI=1S/C16H19N3O5S/c1-25(23,24)9-13-17-11-4-2-3-5-12(11)19(13)8-14(20)18-15(16(21)22)10-6-7-10/h2-5,10,15H,6-9H2,1H3,(H,18,20)(H,21,22). The van der Waals surface area contributed by atoms with Gasteiger partial charge in [-0.05, 0) is 30.9 Å². The molecule has 3 rings (SSSR count). The second-order valence-corrected chi connectivity index (χ2v) is 8.53. The average Bonchev–Trinajstić information content (AvgIpc) is 3.28. The summed E-state index contributed by atoms with van der Waals surface area (Å²) in [5.74, 6) is -1.59. The summed E-state index contributed by atoms with van der Waals surface area (Å²) >= 11 is 0. The molecule has 2 N–H and O–H groups in total. The molecule has 1 aliphatic carbocycles. The molecule has 0 bridgehead atoms. The molecular formula is C16H19N3O5S. The molecule has 1 fully saturated rings. The van der Waals surface area contributed by atoms with E-state index in [-0.39, 0.29) is 24.0 Å². The SMILES string of the molecule is CS(=O)(=O)Cc1nc2ccccc2n1CC(=O)NC(C(=O)O)C1CC1. The van der Waals surface area contributed by atoms with Crippen LogP contribution in [-0.2, 0) is 31.7 Å². The summed E-state index contributed by atoms with van der Waals surface area (Å²) in [6.07, 6.45) is 2.67. The fourth-order valence-corrected chi connectivity index (χ4v) is 3.51. The average molecular weight is 365 g/mol. The fraction of sp³-hybridized carbons (Fsp3) is 0.438. The molecule has 1 aliphatic rings. The Hall–Kier alpha value is -2.42. The van der Waals surface area contributed by atoms with E-state index in [1.807, 2.05) is 0 Å². The number of aromatic nitrogens is 2. The van der Waals surface area contributed by atoms with Gasteiger partial charge in [0.1, 0.15) is 24.2 Å². The first-order valence-electron chi connectivity index (χ1n) is 7.88. The van der Waals surface area contributed by atoms with Crippen molar-refractivity contribution >= 4 is 32.7 Å². The van der Waals surface area contributed by atoms with Crippen LogP contribution in [0.5, 0.6) is 0 Å². The zero-order valence-electron chi connectivity index (χ0n) is 13.7. The van der Waals surface area contributed by atoms with Crippen molar-refractivity contribution < 1.29 is 23.1 Å². The number of carboxylic acids is 1. The van der Waals surface area contributed by atoms with Gasteiger partial charge in [-0.25, -0.2) is 18.2 Å². The summed E-state index contributed by atoms with van der Waals surface area (Å²) in [4.78, 5) is 27.9. The van der Waals surface area contributed by atoms with Crippen LogP contribution in [-0.4, -0.2) is 47.2 Å². The lowest BCUT2D eigenvalue weighted by Crippen LogP contribution is -2.43. The summed E-state index contributed by atoms with van der Waals surface area (Å²) in [6.45, 7) is -0.179. The van der Waals surface area contributed by atoms with Gasteiger partial charge >= 0.3 is 5.97 Å². The van der Waals surface area contributed by atoms with Crippen LogP contribution in [0.15, 0.2) is 24.3 Å². The Bertz CT molecular complexity index is 930. The third-order valence-electron chi connectivity index (χ3n) is 4.10. The Kier molecular flexibility index (Phi) is 4.51. The van der Waals surface area contributed by atoms with E-state index >= 15 is 0 Å². The molecule has 1 amide bonds. The number of para-hydroxylation sites is 2. The number of rotatable bonds is 7. The highest BCUT2D eigenvalue weighted by Crippen LogP contribution is 2.32. The Morgan fingerprint density at radius 1 is 1.36 bits per heavy atom. The number of hydrogen-bond donors (Lipinski definition) is 2. The number of nitrogens with zero attached hydrogens (tertiary/aromatic N) is 2. The van der Waals surface area contributed by atoms with Crippen molar-refractivity contribution in [2.24, 2.45) is 5.92 Å². The third-order valence-corrected chi connectivity index (χ3v) is 4.89. The second kappa shape index (κ2) is 6.47. The van der Waals surface area contributed by atoms with Crippen LogP contribution < -0.4 is 5.32 Å². The topological polar surface area (TPSA) is 118 Å². The van der Waals surface area contributed by atoms with E-state index in [0.29, 0.717) is 11.0 Å². The monoisotopic (exact) mass is 365 g/mol. The maximum Gasteiger partial charge on any atom is 0.326 e. The normalized spacial score (nSPS) is 15.9. The maximum atomic E-state index is 12.3. The van der Waals surface area contributed by atoms with Gasteiger partial charge in [0.2, 0.25) is 5.91 Å². The van der Waals surface area contributed by atoms with E-state index in [9.17, 15) is 23.1 Å². The van der Waals surface area contributed by atoms with Crippen molar-refractivity contribution in [3.63, 3.8) is 0 Å². The molecule has 1 heterocycles. The van der Waals surface area contributed by atoms with Crippen molar-refractivity contribution in [2.45, 2.75) is 31.2 Å². The molecule has 9 heteroatoms. The van der Waals surface area contributed by atoms with Crippen LogP contribution in [0.3, 0.4) is 0 Å². The lowest BCUT2D eigenvalue weighted by atomic mass is 10.2. The van der Waals surface area contributed by atoms with Gasteiger partial charge in [-0.15, -0.1) is 0 Å². The third kappa shape index (κ3) is 4.16. The van der Waals surface area contributed by atoms with Crippen LogP contribution in [0, 0.1) is 5.92 Å². The molecule has 1 aromatic heterocycles. The van der Waals surface area contributed by atoms with Gasteiger partial charge in [0.05, 0.1) is 11.0 Å². The molecule has 0 saturated heterocycles. The maximum absolute atomic E-state index is 12.3. The van der Waals surface area contributed by atoms with Gasteiger partial charge in [0.15, 0.2) is 9.84 Å². The molecular weight excluding hydrogens is 346 g/mol. The minimum absolute atomic E-state index is 0.0310.